The molecule has 0 saturated carbocycles. The molecule has 0 amide bonds. The molecule has 3 nitrogen and oxygen atoms in total. The van der Waals surface area contributed by atoms with Crippen molar-refractivity contribution in [3.8, 4) is 6.07 Å². The summed E-state index contributed by atoms with van der Waals surface area (Å²) in [6, 6.07) is 2.33. The molecule has 0 bridgehead atoms. The van der Waals surface area contributed by atoms with Crippen molar-refractivity contribution in [2.75, 3.05) is 6.54 Å². The van der Waals surface area contributed by atoms with Crippen LogP contribution >= 0.6 is 12.2 Å². The average molecular weight is 171 g/mol. The summed E-state index contributed by atoms with van der Waals surface area (Å²) in [5, 5.41) is 8.69. The highest BCUT2D eigenvalue weighted by atomic mass is 32.1. The minimum atomic E-state index is 0.279. The minimum Gasteiger partial charge on any atom is -0.376 e. The van der Waals surface area contributed by atoms with Crippen molar-refractivity contribution in [3.63, 3.8) is 0 Å². The molecule has 0 unspecified atom stereocenters. The summed E-state index contributed by atoms with van der Waals surface area (Å²) in [4.78, 5) is 1.83. The quantitative estimate of drug-likeness (QED) is 0.640. The Bertz CT molecular complexity index is 171. The van der Waals surface area contributed by atoms with Gasteiger partial charge in [0, 0.05) is 12.6 Å². The molecule has 0 aromatic rings. The van der Waals surface area contributed by atoms with E-state index in [1.807, 2.05) is 18.7 Å². The lowest BCUT2D eigenvalue weighted by molar-refractivity contribution is 0.359. The van der Waals surface area contributed by atoms with Gasteiger partial charge in [-0.05, 0) is 26.1 Å². The summed E-state index contributed by atoms with van der Waals surface area (Å²) in [6.45, 7) is 4.62. The van der Waals surface area contributed by atoms with E-state index in [1.165, 1.54) is 0 Å². The molecule has 0 aromatic carbocycles. The van der Waals surface area contributed by atoms with Crippen molar-refractivity contribution in [3.05, 3.63) is 0 Å². The van der Waals surface area contributed by atoms with Gasteiger partial charge in [-0.15, -0.1) is 0 Å². The van der Waals surface area contributed by atoms with Gasteiger partial charge in [-0.25, -0.2) is 0 Å². The molecule has 0 saturated heterocycles. The Balaban J connectivity index is 3.92. The first kappa shape index (κ1) is 10.2. The Hall–Kier alpha value is -0.820. The zero-order valence-electron chi connectivity index (χ0n) is 6.87. The summed E-state index contributed by atoms with van der Waals surface area (Å²) >= 11 is 4.80. The first-order valence-electron chi connectivity index (χ1n) is 3.52. The van der Waals surface area contributed by atoms with Gasteiger partial charge in [0.2, 0.25) is 0 Å². The average Bonchev–Trinajstić information content (AvgIpc) is 1.87. The second-order valence-electron chi connectivity index (χ2n) is 2.53. The Labute approximate surface area is 72.8 Å². The van der Waals surface area contributed by atoms with Crippen LogP contribution in [0.5, 0.6) is 0 Å². The lowest BCUT2D eigenvalue weighted by atomic mass is 10.3. The Morgan fingerprint density at radius 2 is 2.27 bits per heavy atom. The molecule has 0 radical (unpaired) electrons. The molecule has 0 aromatic heterocycles. The number of hydrogen-bond donors (Lipinski definition) is 1. The molecular formula is C7H13N3S. The molecule has 2 N–H and O–H groups in total. The fourth-order valence-corrected chi connectivity index (χ4v) is 1.10. The van der Waals surface area contributed by atoms with Crippen LogP contribution in [0.1, 0.15) is 20.3 Å². The highest BCUT2D eigenvalue weighted by Crippen LogP contribution is 1.98. The van der Waals surface area contributed by atoms with Crippen molar-refractivity contribution >= 4 is 17.3 Å². The molecule has 0 rings (SSSR count). The van der Waals surface area contributed by atoms with Gasteiger partial charge in [0.25, 0.3) is 0 Å². The van der Waals surface area contributed by atoms with Gasteiger partial charge in [-0.3, -0.25) is 0 Å². The monoisotopic (exact) mass is 171 g/mol. The molecular weight excluding hydrogens is 158 g/mol. The van der Waals surface area contributed by atoms with Crippen molar-refractivity contribution in [1.82, 2.24) is 4.90 Å². The number of hydrogen-bond acceptors (Lipinski definition) is 2. The highest BCUT2D eigenvalue weighted by Gasteiger charge is 2.08. The fraction of sp³-hybridized carbons (Fsp3) is 0.714. The standard InChI is InChI=1S/C7H13N3S/c1-6(2)10(7(9)11)5-3-4-8/h6H,3,5H2,1-2H3,(H2,9,11). The van der Waals surface area contributed by atoms with Crippen molar-refractivity contribution in [2.45, 2.75) is 26.3 Å². The summed E-state index contributed by atoms with van der Waals surface area (Å²) in [7, 11) is 0. The summed E-state index contributed by atoms with van der Waals surface area (Å²) in [5.41, 5.74) is 5.43. The Morgan fingerprint density at radius 1 is 1.73 bits per heavy atom. The lowest BCUT2D eigenvalue weighted by Crippen LogP contribution is -2.41. The molecule has 0 heterocycles. The maximum Gasteiger partial charge on any atom is 0.166 e. The third kappa shape index (κ3) is 3.79. The van der Waals surface area contributed by atoms with E-state index in [9.17, 15) is 0 Å². The first-order chi connectivity index (χ1) is 5.09. The van der Waals surface area contributed by atoms with Gasteiger partial charge in [0.1, 0.15) is 0 Å². The normalized spacial score (nSPS) is 9.27. The van der Waals surface area contributed by atoms with E-state index in [2.05, 4.69) is 6.07 Å². The van der Waals surface area contributed by atoms with Crippen LogP contribution < -0.4 is 5.73 Å². The van der Waals surface area contributed by atoms with E-state index >= 15 is 0 Å². The highest BCUT2D eigenvalue weighted by molar-refractivity contribution is 7.80. The van der Waals surface area contributed by atoms with Crippen molar-refractivity contribution in [1.29, 1.82) is 5.26 Å². The first-order valence-corrected chi connectivity index (χ1v) is 3.93. The van der Waals surface area contributed by atoms with Crippen molar-refractivity contribution in [2.24, 2.45) is 5.73 Å². The maximum atomic E-state index is 8.32. The van der Waals surface area contributed by atoms with Crippen LogP contribution in [-0.4, -0.2) is 22.6 Å². The number of thiocarbonyl (C=S) groups is 1. The van der Waals surface area contributed by atoms with Crippen LogP contribution in [0.2, 0.25) is 0 Å². The summed E-state index contributed by atoms with van der Waals surface area (Å²) in [5.74, 6) is 0. The molecule has 0 aliphatic rings. The molecule has 4 heteroatoms. The largest absolute Gasteiger partial charge is 0.376 e. The second-order valence-corrected chi connectivity index (χ2v) is 2.95. The summed E-state index contributed by atoms with van der Waals surface area (Å²) in [6.07, 6.45) is 0.468. The Kier molecular flexibility index (Phi) is 4.55. The SMILES string of the molecule is CC(C)N(CCC#N)C(N)=S. The molecule has 0 aliphatic carbocycles. The van der Waals surface area contributed by atoms with Crippen LogP contribution in [0.3, 0.4) is 0 Å². The summed E-state index contributed by atoms with van der Waals surface area (Å²) < 4.78 is 0. The minimum absolute atomic E-state index is 0.279. The molecule has 62 valence electrons. The second kappa shape index (κ2) is 4.91. The Morgan fingerprint density at radius 3 is 2.55 bits per heavy atom. The van der Waals surface area contributed by atoms with Crippen molar-refractivity contribution < 1.29 is 0 Å². The molecule has 0 spiro atoms. The van der Waals surface area contributed by atoms with Gasteiger partial charge in [0.05, 0.1) is 12.5 Å². The predicted molar refractivity (Wildman–Crippen MR) is 48.9 cm³/mol. The van der Waals surface area contributed by atoms with Gasteiger partial charge in [-0.2, -0.15) is 5.26 Å². The number of rotatable bonds is 3. The predicted octanol–water partition coefficient (Wildman–Crippen LogP) is 0.854. The van der Waals surface area contributed by atoms with Gasteiger partial charge in [-0.1, -0.05) is 0 Å². The van der Waals surface area contributed by atoms with E-state index in [1.54, 1.807) is 0 Å². The third-order valence-corrected chi connectivity index (χ3v) is 1.61. The van der Waals surface area contributed by atoms with Crippen LogP contribution in [0, 0.1) is 11.3 Å². The number of nitrogens with two attached hydrogens (primary N) is 1. The molecule has 11 heavy (non-hydrogen) atoms. The van der Waals surface area contributed by atoms with Gasteiger partial charge >= 0.3 is 0 Å². The lowest BCUT2D eigenvalue weighted by Gasteiger charge is -2.25. The molecule has 0 atom stereocenters. The van der Waals surface area contributed by atoms with E-state index < -0.39 is 0 Å². The van der Waals surface area contributed by atoms with E-state index in [4.69, 9.17) is 23.2 Å². The van der Waals surface area contributed by atoms with E-state index in [-0.39, 0.29) is 6.04 Å². The van der Waals surface area contributed by atoms with Gasteiger partial charge in [0.15, 0.2) is 5.11 Å². The topological polar surface area (TPSA) is 53.0 Å². The number of nitriles is 1. The van der Waals surface area contributed by atoms with Crippen LogP contribution in [0.25, 0.3) is 0 Å². The smallest absolute Gasteiger partial charge is 0.166 e. The van der Waals surface area contributed by atoms with Crippen LogP contribution in [0.15, 0.2) is 0 Å². The maximum absolute atomic E-state index is 8.32. The van der Waals surface area contributed by atoms with E-state index in [0.717, 1.165) is 0 Å². The van der Waals surface area contributed by atoms with E-state index in [0.29, 0.717) is 18.1 Å². The zero-order valence-corrected chi connectivity index (χ0v) is 7.69. The third-order valence-electron chi connectivity index (χ3n) is 1.37. The number of nitrogens with zero attached hydrogens (tertiary/aromatic N) is 2. The zero-order chi connectivity index (χ0) is 8.85. The van der Waals surface area contributed by atoms with Crippen LogP contribution in [-0.2, 0) is 0 Å². The molecule has 0 fully saturated rings. The van der Waals surface area contributed by atoms with Gasteiger partial charge < -0.3 is 10.6 Å². The fourth-order valence-electron chi connectivity index (χ4n) is 0.793. The molecule has 0 aliphatic heterocycles. The van der Waals surface area contributed by atoms with Crippen LogP contribution in [0.4, 0.5) is 0 Å².